The summed E-state index contributed by atoms with van der Waals surface area (Å²) in [4.78, 5) is 0. The Labute approximate surface area is 132 Å². The van der Waals surface area contributed by atoms with Gasteiger partial charge in [0, 0.05) is 11.5 Å². The van der Waals surface area contributed by atoms with E-state index in [-0.39, 0.29) is 5.82 Å². The van der Waals surface area contributed by atoms with E-state index in [4.69, 9.17) is 5.84 Å². The van der Waals surface area contributed by atoms with Crippen molar-refractivity contribution in [1.29, 1.82) is 0 Å². The molecule has 1 saturated carbocycles. The Morgan fingerprint density at radius 2 is 1.95 bits per heavy atom. The van der Waals surface area contributed by atoms with Crippen LogP contribution in [0.1, 0.15) is 31.2 Å². The number of nitrogens with zero attached hydrogens (tertiary/aromatic N) is 4. The molecule has 116 valence electrons. The molecule has 1 heterocycles. The van der Waals surface area contributed by atoms with Crippen molar-refractivity contribution in [3.63, 3.8) is 0 Å². The third-order valence-electron chi connectivity index (χ3n) is 3.44. The van der Waals surface area contributed by atoms with Crippen molar-refractivity contribution in [1.82, 2.24) is 14.9 Å². The van der Waals surface area contributed by atoms with E-state index in [2.05, 4.69) is 20.7 Å². The van der Waals surface area contributed by atoms with Crippen LogP contribution in [0.15, 0.2) is 34.5 Å². The first-order chi connectivity index (χ1) is 10.7. The monoisotopic (exact) mass is 320 g/mol. The largest absolute Gasteiger partial charge is 0.334 e. The van der Waals surface area contributed by atoms with E-state index in [0.29, 0.717) is 16.9 Å². The summed E-state index contributed by atoms with van der Waals surface area (Å²) >= 11 is 1.44. The van der Waals surface area contributed by atoms with Gasteiger partial charge >= 0.3 is 0 Å². The number of nitrogens with two attached hydrogens (primary N) is 1. The predicted octanol–water partition coefficient (Wildman–Crippen LogP) is 2.77. The lowest BCUT2D eigenvalue weighted by molar-refractivity contribution is 0.627. The standard InChI is InChI=1S/C14H17FN6S/c15-11-7-5-10(6-8-11)9-22-14-20-19-13(21(14)16)18-17-12-3-1-2-4-12/h5-8H,1-4,9,16H2,(H,18,19). The summed E-state index contributed by atoms with van der Waals surface area (Å²) < 4.78 is 14.2. The minimum atomic E-state index is -0.242. The number of hydrogen-bond acceptors (Lipinski definition) is 6. The molecule has 1 aliphatic rings. The zero-order chi connectivity index (χ0) is 15.4. The smallest absolute Gasteiger partial charge is 0.264 e. The number of hydrogen-bond donors (Lipinski definition) is 2. The van der Waals surface area contributed by atoms with Crippen LogP contribution in [0.5, 0.6) is 0 Å². The van der Waals surface area contributed by atoms with Crippen LogP contribution >= 0.6 is 11.8 Å². The van der Waals surface area contributed by atoms with Crippen LogP contribution in [0.2, 0.25) is 0 Å². The maximum absolute atomic E-state index is 12.9. The molecule has 0 amide bonds. The third-order valence-corrected chi connectivity index (χ3v) is 4.45. The number of hydrazone groups is 1. The fraction of sp³-hybridized carbons (Fsp3) is 0.357. The summed E-state index contributed by atoms with van der Waals surface area (Å²) in [7, 11) is 0. The number of anilines is 1. The maximum Gasteiger partial charge on any atom is 0.264 e. The number of nitrogens with one attached hydrogen (secondary N) is 1. The number of benzene rings is 1. The third kappa shape index (κ3) is 3.56. The van der Waals surface area contributed by atoms with E-state index in [1.54, 1.807) is 12.1 Å². The zero-order valence-corrected chi connectivity index (χ0v) is 12.8. The lowest BCUT2D eigenvalue weighted by atomic mass is 10.2. The summed E-state index contributed by atoms with van der Waals surface area (Å²) in [5, 5.41) is 12.9. The minimum absolute atomic E-state index is 0.242. The van der Waals surface area contributed by atoms with Crippen molar-refractivity contribution < 1.29 is 4.39 Å². The number of thioether (sulfide) groups is 1. The van der Waals surface area contributed by atoms with Gasteiger partial charge in [0.15, 0.2) is 0 Å². The highest BCUT2D eigenvalue weighted by Gasteiger charge is 2.12. The van der Waals surface area contributed by atoms with Gasteiger partial charge in [0.05, 0.1) is 0 Å². The molecule has 8 heteroatoms. The molecule has 0 atom stereocenters. The fourth-order valence-electron chi connectivity index (χ4n) is 2.20. The summed E-state index contributed by atoms with van der Waals surface area (Å²) in [5.74, 6) is 6.77. The van der Waals surface area contributed by atoms with Crippen molar-refractivity contribution in [3.8, 4) is 0 Å². The first-order valence-electron chi connectivity index (χ1n) is 7.11. The molecule has 0 spiro atoms. The van der Waals surface area contributed by atoms with E-state index in [1.807, 2.05) is 0 Å². The maximum atomic E-state index is 12.9. The Balaban J connectivity index is 1.60. The lowest BCUT2D eigenvalue weighted by Crippen LogP contribution is -2.13. The molecule has 0 bridgehead atoms. The summed E-state index contributed by atoms with van der Waals surface area (Å²) in [6.07, 6.45) is 4.43. The quantitative estimate of drug-likeness (QED) is 0.503. The zero-order valence-electron chi connectivity index (χ0n) is 12.0. The molecule has 0 aliphatic heterocycles. The van der Waals surface area contributed by atoms with Gasteiger partial charge in [0.25, 0.3) is 5.95 Å². The normalized spacial score (nSPS) is 14.3. The van der Waals surface area contributed by atoms with E-state index in [1.165, 1.54) is 41.4 Å². The molecule has 0 unspecified atom stereocenters. The van der Waals surface area contributed by atoms with E-state index in [9.17, 15) is 4.39 Å². The van der Waals surface area contributed by atoms with Crippen LogP contribution in [0.25, 0.3) is 0 Å². The van der Waals surface area contributed by atoms with Crippen molar-refractivity contribution in [2.75, 3.05) is 11.3 Å². The molecule has 0 radical (unpaired) electrons. The minimum Gasteiger partial charge on any atom is -0.334 e. The van der Waals surface area contributed by atoms with Gasteiger partial charge in [-0.15, -0.1) is 10.2 Å². The summed E-state index contributed by atoms with van der Waals surface area (Å²) in [5.41, 5.74) is 5.01. The number of rotatable bonds is 5. The second kappa shape index (κ2) is 6.78. The van der Waals surface area contributed by atoms with Crippen LogP contribution in [0.4, 0.5) is 10.3 Å². The van der Waals surface area contributed by atoms with E-state index < -0.39 is 0 Å². The van der Waals surface area contributed by atoms with Gasteiger partial charge in [-0.25, -0.2) is 14.5 Å². The van der Waals surface area contributed by atoms with Crippen molar-refractivity contribution in [2.45, 2.75) is 36.6 Å². The molecule has 2 aromatic rings. The van der Waals surface area contributed by atoms with Crippen LogP contribution in [-0.2, 0) is 5.75 Å². The molecule has 1 aromatic heterocycles. The second-order valence-electron chi connectivity index (χ2n) is 5.09. The highest BCUT2D eigenvalue weighted by Crippen LogP contribution is 2.22. The number of aromatic nitrogens is 3. The molecular formula is C14H17FN6S. The first kappa shape index (κ1) is 14.8. The van der Waals surface area contributed by atoms with Gasteiger partial charge in [-0.05, 0) is 43.4 Å². The van der Waals surface area contributed by atoms with Crippen molar-refractivity contribution >= 4 is 23.4 Å². The van der Waals surface area contributed by atoms with Crippen LogP contribution in [-0.4, -0.2) is 20.6 Å². The molecule has 0 saturated heterocycles. The Hall–Kier alpha value is -2.09. The first-order valence-corrected chi connectivity index (χ1v) is 8.10. The SMILES string of the molecule is Nn1c(NN=C2CCCC2)nnc1SCc1ccc(F)cc1. The van der Waals surface area contributed by atoms with Crippen LogP contribution in [0, 0.1) is 5.82 Å². The molecule has 1 aliphatic carbocycles. The fourth-order valence-corrected chi connectivity index (χ4v) is 3.02. The summed E-state index contributed by atoms with van der Waals surface area (Å²) in [6.45, 7) is 0. The highest BCUT2D eigenvalue weighted by molar-refractivity contribution is 7.98. The lowest BCUT2D eigenvalue weighted by Gasteiger charge is -2.04. The van der Waals surface area contributed by atoms with Gasteiger partial charge in [0.2, 0.25) is 5.16 Å². The van der Waals surface area contributed by atoms with Gasteiger partial charge in [-0.1, -0.05) is 23.9 Å². The average molecular weight is 320 g/mol. The van der Waals surface area contributed by atoms with Gasteiger partial charge in [-0.2, -0.15) is 5.10 Å². The Kier molecular flexibility index (Phi) is 4.57. The molecular weight excluding hydrogens is 303 g/mol. The molecule has 1 fully saturated rings. The van der Waals surface area contributed by atoms with E-state index in [0.717, 1.165) is 24.1 Å². The topological polar surface area (TPSA) is 81.1 Å². The molecule has 22 heavy (non-hydrogen) atoms. The van der Waals surface area contributed by atoms with Crippen LogP contribution in [0.3, 0.4) is 0 Å². The van der Waals surface area contributed by atoms with E-state index >= 15 is 0 Å². The Morgan fingerprint density at radius 1 is 1.23 bits per heavy atom. The van der Waals surface area contributed by atoms with Crippen molar-refractivity contribution in [2.24, 2.45) is 5.10 Å². The Bertz CT molecular complexity index is 658. The molecule has 1 aromatic carbocycles. The molecule has 6 nitrogen and oxygen atoms in total. The Morgan fingerprint density at radius 3 is 2.68 bits per heavy atom. The number of halogens is 1. The predicted molar refractivity (Wildman–Crippen MR) is 85.7 cm³/mol. The van der Waals surface area contributed by atoms with Gasteiger partial charge in [-0.3, -0.25) is 0 Å². The van der Waals surface area contributed by atoms with Crippen LogP contribution < -0.4 is 11.3 Å². The second-order valence-corrected chi connectivity index (χ2v) is 6.03. The van der Waals surface area contributed by atoms with Crippen molar-refractivity contribution in [3.05, 3.63) is 35.6 Å². The van der Waals surface area contributed by atoms with Gasteiger partial charge in [0.1, 0.15) is 5.82 Å². The summed E-state index contributed by atoms with van der Waals surface area (Å²) in [6, 6.07) is 6.36. The van der Waals surface area contributed by atoms with Gasteiger partial charge < -0.3 is 5.84 Å². The highest BCUT2D eigenvalue weighted by atomic mass is 32.2. The molecule has 3 rings (SSSR count). The molecule has 3 N–H and O–H groups in total. The average Bonchev–Trinajstić information content (AvgIpc) is 3.15. The number of nitrogen functional groups attached to an aromatic ring is 1.